The summed E-state index contributed by atoms with van der Waals surface area (Å²) in [6.07, 6.45) is 2.21. The molecule has 0 heterocycles. The Morgan fingerprint density at radius 3 is 2.30 bits per heavy atom. The van der Waals surface area contributed by atoms with Gasteiger partial charge in [-0.3, -0.25) is 4.79 Å². The predicted octanol–water partition coefficient (Wildman–Crippen LogP) is 5.73. The van der Waals surface area contributed by atoms with Crippen LogP contribution in [0.1, 0.15) is 22.8 Å². The molecule has 0 unspecified atom stereocenters. The number of aliphatic hydroxyl groups excluding tert-OH is 1. The Morgan fingerprint density at radius 2 is 1.59 bits per heavy atom. The summed E-state index contributed by atoms with van der Waals surface area (Å²) >= 11 is 11.9. The van der Waals surface area contributed by atoms with Crippen molar-refractivity contribution in [2.75, 3.05) is 5.32 Å². The molecule has 0 aromatic heterocycles. The monoisotopic (exact) mass is 397 g/mol. The van der Waals surface area contributed by atoms with Crippen LogP contribution >= 0.6 is 23.2 Å². The Balaban J connectivity index is 1.80. The van der Waals surface area contributed by atoms with E-state index < -0.39 is 6.10 Å². The first kappa shape index (κ1) is 19.2. The second-order valence-corrected chi connectivity index (χ2v) is 6.79. The summed E-state index contributed by atoms with van der Waals surface area (Å²) in [5, 5.41) is 14.6. The van der Waals surface area contributed by atoms with Gasteiger partial charge in [0, 0.05) is 27.4 Å². The van der Waals surface area contributed by atoms with Gasteiger partial charge in [0.15, 0.2) is 0 Å². The van der Waals surface area contributed by atoms with Crippen LogP contribution in [0.5, 0.6) is 0 Å². The summed E-state index contributed by atoms with van der Waals surface area (Å²) in [7, 11) is 0. The molecule has 0 saturated heterocycles. The van der Waals surface area contributed by atoms with E-state index in [4.69, 9.17) is 23.2 Å². The number of carbonyl (C=O) groups excluding carboxylic acids is 1. The molecule has 0 radical (unpaired) electrons. The molecule has 27 heavy (non-hydrogen) atoms. The fourth-order valence-electron chi connectivity index (χ4n) is 2.61. The fourth-order valence-corrected chi connectivity index (χ4v) is 2.92. The molecule has 0 saturated carbocycles. The van der Waals surface area contributed by atoms with Crippen molar-refractivity contribution >= 4 is 40.9 Å². The van der Waals surface area contributed by atoms with E-state index in [9.17, 15) is 9.90 Å². The summed E-state index contributed by atoms with van der Waals surface area (Å²) in [6, 6.07) is 21.3. The van der Waals surface area contributed by atoms with E-state index >= 15 is 0 Å². The van der Waals surface area contributed by atoms with Crippen molar-refractivity contribution in [1.29, 1.82) is 0 Å². The van der Waals surface area contributed by atoms with Gasteiger partial charge in [0.25, 0.3) is 0 Å². The van der Waals surface area contributed by atoms with Crippen molar-refractivity contribution in [2.24, 2.45) is 0 Å². The highest BCUT2D eigenvalue weighted by molar-refractivity contribution is 6.31. The minimum Gasteiger partial charge on any atom is -0.384 e. The van der Waals surface area contributed by atoms with Gasteiger partial charge in [-0.25, -0.2) is 0 Å². The van der Waals surface area contributed by atoms with E-state index in [1.807, 2.05) is 42.5 Å². The van der Waals surface area contributed by atoms with E-state index in [-0.39, 0.29) is 5.91 Å². The number of hydrogen-bond donors (Lipinski definition) is 2. The Kier molecular flexibility index (Phi) is 6.30. The zero-order chi connectivity index (χ0) is 19.2. The van der Waals surface area contributed by atoms with Crippen molar-refractivity contribution in [3.05, 3.63) is 106 Å². The van der Waals surface area contributed by atoms with Crippen LogP contribution < -0.4 is 5.32 Å². The zero-order valence-corrected chi connectivity index (χ0v) is 15.8. The van der Waals surface area contributed by atoms with Crippen LogP contribution in [0.15, 0.2) is 78.9 Å². The van der Waals surface area contributed by atoms with Gasteiger partial charge in [0.1, 0.15) is 6.10 Å². The highest BCUT2D eigenvalue weighted by atomic mass is 35.5. The fraction of sp³-hybridized carbons (Fsp3) is 0.0455. The van der Waals surface area contributed by atoms with Gasteiger partial charge >= 0.3 is 0 Å². The van der Waals surface area contributed by atoms with E-state index in [0.717, 1.165) is 5.56 Å². The third-order valence-corrected chi connectivity index (χ3v) is 4.47. The van der Waals surface area contributed by atoms with Crippen LogP contribution in [0, 0.1) is 0 Å². The molecule has 0 fully saturated rings. The maximum atomic E-state index is 12.3. The van der Waals surface area contributed by atoms with Crippen LogP contribution in [-0.4, -0.2) is 11.0 Å². The average Bonchev–Trinajstić information content (AvgIpc) is 2.69. The molecule has 3 rings (SSSR count). The molecule has 3 nitrogen and oxygen atoms in total. The lowest BCUT2D eigenvalue weighted by Gasteiger charge is -2.16. The zero-order valence-electron chi connectivity index (χ0n) is 14.3. The minimum atomic E-state index is -0.902. The van der Waals surface area contributed by atoms with Gasteiger partial charge in [0.2, 0.25) is 5.91 Å². The Bertz CT molecular complexity index is 954. The smallest absolute Gasteiger partial charge is 0.248 e. The number of nitrogens with one attached hydrogen (secondary N) is 1. The third kappa shape index (κ3) is 5.20. The van der Waals surface area contributed by atoms with Crippen LogP contribution in [0.4, 0.5) is 5.69 Å². The van der Waals surface area contributed by atoms with Crippen molar-refractivity contribution < 1.29 is 9.90 Å². The largest absolute Gasteiger partial charge is 0.384 e. The van der Waals surface area contributed by atoms with Gasteiger partial charge in [-0.1, -0.05) is 65.7 Å². The molecular weight excluding hydrogens is 381 g/mol. The lowest BCUT2D eigenvalue weighted by molar-refractivity contribution is -0.111. The standard InChI is InChI=1S/C22H17Cl2NO2/c23-17-9-6-15(7-10-17)8-13-21(26)25-20-12-11-18(24)14-19(20)22(27)16-4-2-1-3-5-16/h1-14,22,27H,(H,25,26)/b13-8+/t22-/m1/s1. The molecule has 0 aliphatic rings. The third-order valence-electron chi connectivity index (χ3n) is 3.98. The summed E-state index contributed by atoms with van der Waals surface area (Å²) in [6.45, 7) is 0. The van der Waals surface area contributed by atoms with E-state index in [1.165, 1.54) is 6.08 Å². The van der Waals surface area contributed by atoms with E-state index in [0.29, 0.717) is 26.9 Å². The molecule has 2 N–H and O–H groups in total. The number of aliphatic hydroxyl groups is 1. The Labute approximate surface area is 167 Å². The molecule has 136 valence electrons. The summed E-state index contributed by atoms with van der Waals surface area (Å²) in [5.74, 6) is -0.311. The van der Waals surface area contributed by atoms with Crippen LogP contribution in [-0.2, 0) is 4.79 Å². The van der Waals surface area contributed by atoms with Crippen molar-refractivity contribution in [2.45, 2.75) is 6.10 Å². The molecule has 5 heteroatoms. The lowest BCUT2D eigenvalue weighted by atomic mass is 10.00. The molecule has 0 spiro atoms. The number of carbonyl (C=O) groups is 1. The van der Waals surface area contributed by atoms with Gasteiger partial charge in [0.05, 0.1) is 0 Å². The van der Waals surface area contributed by atoms with Gasteiger partial charge in [-0.05, 0) is 47.5 Å². The first-order chi connectivity index (χ1) is 13.0. The van der Waals surface area contributed by atoms with E-state index in [1.54, 1.807) is 36.4 Å². The normalized spacial score (nSPS) is 12.1. The molecule has 0 aliphatic heterocycles. The predicted molar refractivity (Wildman–Crippen MR) is 111 cm³/mol. The van der Waals surface area contributed by atoms with Crippen molar-refractivity contribution in [3.8, 4) is 0 Å². The lowest BCUT2D eigenvalue weighted by Crippen LogP contribution is -2.12. The number of hydrogen-bond acceptors (Lipinski definition) is 2. The maximum Gasteiger partial charge on any atom is 0.248 e. The average molecular weight is 398 g/mol. The first-order valence-electron chi connectivity index (χ1n) is 8.30. The number of halogens is 2. The van der Waals surface area contributed by atoms with E-state index in [2.05, 4.69) is 5.32 Å². The summed E-state index contributed by atoms with van der Waals surface area (Å²) in [5.41, 5.74) is 2.60. The topological polar surface area (TPSA) is 49.3 Å². The van der Waals surface area contributed by atoms with Crippen molar-refractivity contribution in [3.63, 3.8) is 0 Å². The van der Waals surface area contributed by atoms with Crippen LogP contribution in [0.25, 0.3) is 6.08 Å². The number of benzene rings is 3. The first-order valence-corrected chi connectivity index (χ1v) is 9.05. The van der Waals surface area contributed by atoms with Crippen LogP contribution in [0.3, 0.4) is 0 Å². The second-order valence-electron chi connectivity index (χ2n) is 5.92. The maximum absolute atomic E-state index is 12.3. The van der Waals surface area contributed by atoms with Gasteiger partial charge < -0.3 is 10.4 Å². The molecule has 0 aliphatic carbocycles. The number of amides is 1. The SMILES string of the molecule is O=C(/C=C/c1ccc(Cl)cc1)Nc1ccc(Cl)cc1[C@H](O)c1ccccc1. The highest BCUT2D eigenvalue weighted by Crippen LogP contribution is 2.31. The molecular formula is C22H17Cl2NO2. The molecule has 1 atom stereocenters. The molecule has 3 aromatic carbocycles. The van der Waals surface area contributed by atoms with Crippen LogP contribution in [0.2, 0.25) is 10.0 Å². The van der Waals surface area contributed by atoms with Gasteiger partial charge in [-0.15, -0.1) is 0 Å². The van der Waals surface area contributed by atoms with Gasteiger partial charge in [-0.2, -0.15) is 0 Å². The summed E-state index contributed by atoms with van der Waals surface area (Å²) in [4.78, 5) is 12.3. The Hall–Kier alpha value is -2.59. The molecule has 1 amide bonds. The highest BCUT2D eigenvalue weighted by Gasteiger charge is 2.16. The minimum absolute atomic E-state index is 0.311. The number of anilines is 1. The Morgan fingerprint density at radius 1 is 0.926 bits per heavy atom. The summed E-state index contributed by atoms with van der Waals surface area (Å²) < 4.78 is 0. The molecule has 0 bridgehead atoms. The quantitative estimate of drug-likeness (QED) is 0.540. The van der Waals surface area contributed by atoms with Crippen molar-refractivity contribution in [1.82, 2.24) is 0 Å². The number of rotatable bonds is 5. The second kappa shape index (κ2) is 8.87. The molecule has 3 aromatic rings.